The van der Waals surface area contributed by atoms with E-state index in [1.165, 1.54) is 11.1 Å². The molecule has 3 amide bonds. The Morgan fingerprint density at radius 3 is 2.92 bits per heavy atom. The molecule has 0 aliphatic carbocycles. The fraction of sp³-hybridized carbons (Fsp3) is 0.462. The number of nitrogens with one attached hydrogen (secondary N) is 1. The van der Waals surface area contributed by atoms with E-state index in [-0.39, 0.29) is 22.8 Å². The third kappa shape index (κ3) is 5.31. The standard InChI is InChI=1S/C26H28N6O4S/c1-16-4-7-31(25(16)34)13-18-9-17-3-2-6-32(24(17)29-21(18)14-33)26(35)30-23-10-22(19(11-27)12-28-23)37-20-5-8-36-15-20/h9-10,12,14,16,20H,2-8,13,15H2,1H3,(H,28,30,35)/t16-,20+/m1/s1. The molecule has 2 atom stereocenters. The Hall–Kier alpha value is -3.49. The lowest BCUT2D eigenvalue weighted by Crippen LogP contribution is -2.40. The maximum Gasteiger partial charge on any atom is 0.328 e. The Balaban J connectivity index is 1.35. The lowest BCUT2D eigenvalue weighted by atomic mass is 10.0. The van der Waals surface area contributed by atoms with E-state index in [0.29, 0.717) is 61.9 Å². The van der Waals surface area contributed by atoms with Crippen LogP contribution in [0.4, 0.5) is 16.4 Å². The number of hydrogen-bond donors (Lipinski definition) is 1. The van der Waals surface area contributed by atoms with Crippen molar-refractivity contribution in [1.29, 1.82) is 5.26 Å². The topological polar surface area (TPSA) is 129 Å². The van der Waals surface area contributed by atoms with Crippen LogP contribution < -0.4 is 10.2 Å². The molecule has 0 radical (unpaired) electrons. The normalized spacial score (nSPS) is 21.0. The number of pyridine rings is 2. The van der Waals surface area contributed by atoms with Gasteiger partial charge in [-0.05, 0) is 43.4 Å². The first-order valence-corrected chi connectivity index (χ1v) is 13.3. The van der Waals surface area contributed by atoms with Crippen molar-refractivity contribution < 1.29 is 19.1 Å². The summed E-state index contributed by atoms with van der Waals surface area (Å²) in [5.41, 5.74) is 2.26. The van der Waals surface area contributed by atoms with Crippen molar-refractivity contribution in [3.8, 4) is 6.07 Å². The predicted octanol–water partition coefficient (Wildman–Crippen LogP) is 3.39. The largest absolute Gasteiger partial charge is 0.380 e. The zero-order chi connectivity index (χ0) is 25.9. The summed E-state index contributed by atoms with van der Waals surface area (Å²) in [5, 5.41) is 12.6. The zero-order valence-electron chi connectivity index (χ0n) is 20.6. The quantitative estimate of drug-likeness (QED) is 0.574. The number of likely N-dealkylation sites (tertiary alicyclic amines) is 1. The molecule has 192 valence electrons. The number of carbonyl (C=O) groups is 3. The number of rotatable bonds is 6. The number of nitrogens with zero attached hydrogens (tertiary/aromatic N) is 5. The van der Waals surface area contributed by atoms with Crippen LogP contribution in [0, 0.1) is 17.2 Å². The second-order valence-electron chi connectivity index (χ2n) is 9.55. The Labute approximate surface area is 219 Å². The minimum absolute atomic E-state index is 0.00861. The number of aryl methyl sites for hydroxylation is 1. The molecule has 0 aromatic carbocycles. The van der Waals surface area contributed by atoms with Crippen LogP contribution in [0.5, 0.6) is 0 Å². The highest BCUT2D eigenvalue weighted by atomic mass is 32.2. The van der Waals surface area contributed by atoms with Gasteiger partial charge in [0.15, 0.2) is 6.29 Å². The van der Waals surface area contributed by atoms with Gasteiger partial charge in [-0.1, -0.05) is 6.92 Å². The summed E-state index contributed by atoms with van der Waals surface area (Å²) in [6.45, 7) is 4.69. The van der Waals surface area contributed by atoms with Crippen LogP contribution in [0.15, 0.2) is 23.2 Å². The van der Waals surface area contributed by atoms with Gasteiger partial charge in [0.05, 0.1) is 12.2 Å². The maximum atomic E-state index is 13.3. The highest BCUT2D eigenvalue weighted by Gasteiger charge is 2.30. The second kappa shape index (κ2) is 10.9. The van der Waals surface area contributed by atoms with E-state index in [9.17, 15) is 19.6 Å². The van der Waals surface area contributed by atoms with Crippen LogP contribution >= 0.6 is 11.8 Å². The monoisotopic (exact) mass is 520 g/mol. The summed E-state index contributed by atoms with van der Waals surface area (Å²) in [5.74, 6) is 0.864. The summed E-state index contributed by atoms with van der Waals surface area (Å²) in [6, 6.07) is 5.37. The van der Waals surface area contributed by atoms with Crippen LogP contribution in [0.2, 0.25) is 0 Å². The third-order valence-corrected chi connectivity index (χ3v) is 8.26. The highest BCUT2D eigenvalue weighted by molar-refractivity contribution is 8.00. The van der Waals surface area contributed by atoms with Crippen LogP contribution in [0.25, 0.3) is 0 Å². The molecule has 0 bridgehead atoms. The number of carbonyl (C=O) groups excluding carboxylic acids is 3. The lowest BCUT2D eigenvalue weighted by Gasteiger charge is -2.29. The van der Waals surface area contributed by atoms with Crippen molar-refractivity contribution in [3.05, 3.63) is 40.7 Å². The predicted molar refractivity (Wildman–Crippen MR) is 138 cm³/mol. The van der Waals surface area contributed by atoms with Gasteiger partial charge in [0.25, 0.3) is 0 Å². The highest BCUT2D eigenvalue weighted by Crippen LogP contribution is 2.33. The average Bonchev–Trinajstić information content (AvgIpc) is 3.53. The third-order valence-electron chi connectivity index (χ3n) is 6.96. The molecule has 5 rings (SSSR count). The SMILES string of the molecule is C[C@@H]1CCN(Cc2cc3c(nc2C=O)N(C(=O)Nc2cc(S[C@H]4CCOC4)c(C#N)cn2)CCC3)C1=O. The Morgan fingerprint density at radius 2 is 2.22 bits per heavy atom. The number of aromatic nitrogens is 2. The number of aldehydes is 1. The molecule has 37 heavy (non-hydrogen) atoms. The van der Waals surface area contributed by atoms with E-state index in [2.05, 4.69) is 21.4 Å². The summed E-state index contributed by atoms with van der Waals surface area (Å²) >= 11 is 1.56. The molecule has 2 aromatic heterocycles. The van der Waals surface area contributed by atoms with Gasteiger partial charge in [0.1, 0.15) is 23.4 Å². The molecule has 3 aliphatic heterocycles. The van der Waals surface area contributed by atoms with Gasteiger partial charge in [-0.3, -0.25) is 19.8 Å². The molecular formula is C26H28N6O4S. The molecular weight excluding hydrogens is 492 g/mol. The number of anilines is 2. The van der Waals surface area contributed by atoms with Crippen LogP contribution in [0.1, 0.15) is 53.4 Å². The first kappa shape index (κ1) is 25.2. The maximum absolute atomic E-state index is 13.3. The second-order valence-corrected chi connectivity index (χ2v) is 10.9. The van der Waals surface area contributed by atoms with Crippen molar-refractivity contribution in [2.45, 2.75) is 49.3 Å². The summed E-state index contributed by atoms with van der Waals surface area (Å²) in [6.07, 6.45) is 5.32. The average molecular weight is 521 g/mol. The molecule has 3 aliphatic rings. The molecule has 11 heteroatoms. The zero-order valence-corrected chi connectivity index (χ0v) is 21.4. The van der Waals surface area contributed by atoms with Crippen molar-refractivity contribution in [2.24, 2.45) is 5.92 Å². The molecule has 2 saturated heterocycles. The summed E-state index contributed by atoms with van der Waals surface area (Å²) in [7, 11) is 0. The van der Waals surface area contributed by atoms with E-state index < -0.39 is 6.03 Å². The fourth-order valence-electron chi connectivity index (χ4n) is 4.89. The molecule has 0 spiro atoms. The number of fused-ring (bicyclic) bond motifs is 1. The van der Waals surface area contributed by atoms with Gasteiger partial charge in [-0.2, -0.15) is 5.26 Å². The number of thioether (sulfide) groups is 1. The van der Waals surface area contributed by atoms with Gasteiger partial charge in [-0.25, -0.2) is 14.8 Å². The Kier molecular flexibility index (Phi) is 7.39. The number of hydrogen-bond acceptors (Lipinski definition) is 8. The van der Waals surface area contributed by atoms with Crippen molar-refractivity contribution >= 4 is 41.6 Å². The number of urea groups is 1. The molecule has 2 aromatic rings. The van der Waals surface area contributed by atoms with Crippen molar-refractivity contribution in [1.82, 2.24) is 14.9 Å². The van der Waals surface area contributed by atoms with Crippen LogP contribution in [-0.2, 0) is 22.5 Å². The van der Waals surface area contributed by atoms with E-state index >= 15 is 0 Å². The first-order valence-electron chi connectivity index (χ1n) is 12.5. The van der Waals surface area contributed by atoms with Gasteiger partial charge >= 0.3 is 6.03 Å². The van der Waals surface area contributed by atoms with E-state index in [4.69, 9.17) is 4.74 Å². The first-order chi connectivity index (χ1) is 18.0. The minimum atomic E-state index is -0.404. The molecule has 0 unspecified atom stereocenters. The minimum Gasteiger partial charge on any atom is -0.380 e. The summed E-state index contributed by atoms with van der Waals surface area (Å²) < 4.78 is 5.44. The number of nitriles is 1. The van der Waals surface area contributed by atoms with Gasteiger partial charge in [-0.15, -0.1) is 11.8 Å². The van der Waals surface area contributed by atoms with Gasteiger partial charge in [0, 0.05) is 54.1 Å². The van der Waals surface area contributed by atoms with Crippen LogP contribution in [-0.4, -0.2) is 64.6 Å². The fourth-order valence-corrected chi connectivity index (χ4v) is 6.03. The summed E-state index contributed by atoms with van der Waals surface area (Å²) in [4.78, 5) is 50.4. The van der Waals surface area contributed by atoms with Gasteiger partial charge < -0.3 is 9.64 Å². The molecule has 0 saturated carbocycles. The van der Waals surface area contributed by atoms with E-state index in [0.717, 1.165) is 36.1 Å². The number of amides is 3. The Morgan fingerprint density at radius 1 is 1.35 bits per heavy atom. The lowest BCUT2D eigenvalue weighted by molar-refractivity contribution is -0.131. The molecule has 10 nitrogen and oxygen atoms in total. The van der Waals surface area contributed by atoms with Crippen molar-refractivity contribution in [3.63, 3.8) is 0 Å². The van der Waals surface area contributed by atoms with Gasteiger partial charge in [0.2, 0.25) is 5.91 Å². The van der Waals surface area contributed by atoms with E-state index in [1.807, 2.05) is 13.0 Å². The van der Waals surface area contributed by atoms with Crippen LogP contribution in [0.3, 0.4) is 0 Å². The molecule has 2 fully saturated rings. The van der Waals surface area contributed by atoms with Crippen molar-refractivity contribution in [2.75, 3.05) is 36.5 Å². The van der Waals surface area contributed by atoms with E-state index in [1.54, 1.807) is 22.7 Å². The molecule has 1 N–H and O–H groups in total. The molecule has 5 heterocycles. The number of ether oxygens (including phenoxy) is 1. The Bertz CT molecular complexity index is 1270. The smallest absolute Gasteiger partial charge is 0.328 e.